The molecular weight excluding hydrogens is 184 g/mol. The zero-order chi connectivity index (χ0) is 10.7. The maximum atomic E-state index is 5.30. The third-order valence-electron chi connectivity index (χ3n) is 3.53. The standard InChI is InChI=1S/C14H20O/c1-11-8-9-13(15-2)10-14(11)12-6-4-3-5-7-12/h8-10,12H,3-7H2,1-2H3. The van der Waals surface area contributed by atoms with Gasteiger partial charge in [-0.1, -0.05) is 25.3 Å². The minimum absolute atomic E-state index is 0.772. The molecule has 1 fully saturated rings. The molecule has 1 saturated carbocycles. The van der Waals surface area contributed by atoms with Crippen LogP contribution in [0.15, 0.2) is 18.2 Å². The van der Waals surface area contributed by atoms with Crippen LogP contribution in [0.1, 0.15) is 49.1 Å². The number of aryl methyl sites for hydroxylation is 1. The molecule has 0 amide bonds. The number of rotatable bonds is 2. The van der Waals surface area contributed by atoms with Crippen molar-refractivity contribution in [2.24, 2.45) is 0 Å². The molecule has 0 atom stereocenters. The van der Waals surface area contributed by atoms with Gasteiger partial charge in [0, 0.05) is 0 Å². The lowest BCUT2D eigenvalue weighted by molar-refractivity contribution is 0.409. The van der Waals surface area contributed by atoms with Gasteiger partial charge in [0.25, 0.3) is 0 Å². The number of ether oxygens (including phenoxy) is 1. The molecule has 0 saturated heterocycles. The summed E-state index contributed by atoms with van der Waals surface area (Å²) in [6.45, 7) is 2.21. The smallest absolute Gasteiger partial charge is 0.119 e. The second kappa shape index (κ2) is 4.69. The zero-order valence-corrected chi connectivity index (χ0v) is 9.75. The molecule has 0 unspecified atom stereocenters. The van der Waals surface area contributed by atoms with Gasteiger partial charge < -0.3 is 4.74 Å². The molecule has 0 N–H and O–H groups in total. The first kappa shape index (κ1) is 10.5. The first-order valence-corrected chi connectivity index (χ1v) is 5.96. The summed E-state index contributed by atoms with van der Waals surface area (Å²) in [5, 5.41) is 0. The van der Waals surface area contributed by atoms with Crippen LogP contribution >= 0.6 is 0 Å². The van der Waals surface area contributed by atoms with Crippen LogP contribution < -0.4 is 4.74 Å². The number of hydrogen-bond donors (Lipinski definition) is 0. The molecule has 1 aliphatic carbocycles. The molecule has 0 aliphatic heterocycles. The molecular formula is C14H20O. The number of benzene rings is 1. The summed E-state index contributed by atoms with van der Waals surface area (Å²) >= 11 is 0. The third-order valence-corrected chi connectivity index (χ3v) is 3.53. The topological polar surface area (TPSA) is 9.23 Å². The maximum absolute atomic E-state index is 5.30. The fourth-order valence-electron chi connectivity index (χ4n) is 2.60. The van der Waals surface area contributed by atoms with E-state index in [4.69, 9.17) is 4.74 Å². The molecule has 1 nitrogen and oxygen atoms in total. The molecule has 1 aliphatic rings. The normalized spacial score (nSPS) is 17.7. The van der Waals surface area contributed by atoms with Gasteiger partial charge in [-0.3, -0.25) is 0 Å². The van der Waals surface area contributed by atoms with Gasteiger partial charge in [0.2, 0.25) is 0 Å². The van der Waals surface area contributed by atoms with Gasteiger partial charge in [0.1, 0.15) is 5.75 Å². The van der Waals surface area contributed by atoms with Crippen molar-refractivity contribution in [1.29, 1.82) is 0 Å². The van der Waals surface area contributed by atoms with Crippen LogP contribution in [-0.2, 0) is 0 Å². The van der Waals surface area contributed by atoms with Gasteiger partial charge in [-0.05, 0) is 48.9 Å². The van der Waals surface area contributed by atoms with Crippen LogP contribution in [0.3, 0.4) is 0 Å². The van der Waals surface area contributed by atoms with Crippen molar-refractivity contribution in [2.75, 3.05) is 7.11 Å². The summed E-state index contributed by atoms with van der Waals surface area (Å²) in [6.07, 6.45) is 6.91. The van der Waals surface area contributed by atoms with Crippen molar-refractivity contribution in [3.8, 4) is 5.75 Å². The van der Waals surface area contributed by atoms with Crippen molar-refractivity contribution < 1.29 is 4.74 Å². The highest BCUT2D eigenvalue weighted by atomic mass is 16.5. The van der Waals surface area contributed by atoms with Crippen LogP contribution in [0.2, 0.25) is 0 Å². The fraction of sp³-hybridized carbons (Fsp3) is 0.571. The summed E-state index contributed by atoms with van der Waals surface area (Å²) in [6, 6.07) is 6.47. The van der Waals surface area contributed by atoms with E-state index in [-0.39, 0.29) is 0 Å². The molecule has 0 spiro atoms. The molecule has 2 rings (SSSR count). The van der Waals surface area contributed by atoms with E-state index in [1.807, 2.05) is 0 Å². The number of methoxy groups -OCH3 is 1. The van der Waals surface area contributed by atoms with Crippen LogP contribution in [-0.4, -0.2) is 7.11 Å². The first-order chi connectivity index (χ1) is 7.31. The Morgan fingerprint density at radius 2 is 1.87 bits per heavy atom. The van der Waals surface area contributed by atoms with Crippen molar-refractivity contribution in [1.82, 2.24) is 0 Å². The highest BCUT2D eigenvalue weighted by Crippen LogP contribution is 2.35. The van der Waals surface area contributed by atoms with Crippen LogP contribution in [0.4, 0.5) is 0 Å². The fourth-order valence-corrected chi connectivity index (χ4v) is 2.60. The van der Waals surface area contributed by atoms with E-state index in [2.05, 4.69) is 25.1 Å². The first-order valence-electron chi connectivity index (χ1n) is 5.96. The van der Waals surface area contributed by atoms with Gasteiger partial charge in [0.15, 0.2) is 0 Å². The Morgan fingerprint density at radius 3 is 2.53 bits per heavy atom. The van der Waals surface area contributed by atoms with Crippen molar-refractivity contribution in [3.63, 3.8) is 0 Å². The van der Waals surface area contributed by atoms with E-state index in [1.165, 1.54) is 43.2 Å². The number of hydrogen-bond acceptors (Lipinski definition) is 1. The Hall–Kier alpha value is -0.980. The molecule has 82 valence electrons. The average molecular weight is 204 g/mol. The van der Waals surface area contributed by atoms with Crippen LogP contribution in [0.5, 0.6) is 5.75 Å². The summed E-state index contributed by atoms with van der Waals surface area (Å²) in [5.41, 5.74) is 2.93. The summed E-state index contributed by atoms with van der Waals surface area (Å²) in [4.78, 5) is 0. The van der Waals surface area contributed by atoms with E-state index in [1.54, 1.807) is 7.11 Å². The minimum atomic E-state index is 0.772. The van der Waals surface area contributed by atoms with Gasteiger partial charge in [-0.25, -0.2) is 0 Å². The highest BCUT2D eigenvalue weighted by molar-refractivity contribution is 5.37. The van der Waals surface area contributed by atoms with Crippen molar-refractivity contribution in [2.45, 2.75) is 44.9 Å². The lowest BCUT2D eigenvalue weighted by Crippen LogP contribution is -2.06. The Balaban J connectivity index is 2.24. The Morgan fingerprint density at radius 1 is 1.13 bits per heavy atom. The quantitative estimate of drug-likeness (QED) is 0.706. The van der Waals surface area contributed by atoms with E-state index in [0.717, 1.165) is 11.7 Å². The molecule has 1 aromatic carbocycles. The Kier molecular flexibility index (Phi) is 3.30. The average Bonchev–Trinajstić information content (AvgIpc) is 2.31. The lowest BCUT2D eigenvalue weighted by Gasteiger charge is -2.24. The zero-order valence-electron chi connectivity index (χ0n) is 9.75. The lowest BCUT2D eigenvalue weighted by atomic mass is 9.82. The monoisotopic (exact) mass is 204 g/mol. The van der Waals surface area contributed by atoms with Crippen molar-refractivity contribution >= 4 is 0 Å². The van der Waals surface area contributed by atoms with Gasteiger partial charge >= 0.3 is 0 Å². The highest BCUT2D eigenvalue weighted by Gasteiger charge is 2.17. The summed E-state index contributed by atoms with van der Waals surface area (Å²) in [5.74, 6) is 1.77. The molecule has 1 aromatic rings. The van der Waals surface area contributed by atoms with E-state index < -0.39 is 0 Å². The molecule has 0 aromatic heterocycles. The van der Waals surface area contributed by atoms with Crippen molar-refractivity contribution in [3.05, 3.63) is 29.3 Å². The van der Waals surface area contributed by atoms with Crippen LogP contribution in [0, 0.1) is 6.92 Å². The van der Waals surface area contributed by atoms with Gasteiger partial charge in [0.05, 0.1) is 7.11 Å². The second-order valence-corrected chi connectivity index (χ2v) is 4.56. The van der Waals surface area contributed by atoms with E-state index in [0.29, 0.717) is 0 Å². The van der Waals surface area contributed by atoms with E-state index >= 15 is 0 Å². The molecule has 15 heavy (non-hydrogen) atoms. The Labute approximate surface area is 92.5 Å². The molecule has 0 heterocycles. The minimum Gasteiger partial charge on any atom is -0.497 e. The maximum Gasteiger partial charge on any atom is 0.119 e. The SMILES string of the molecule is COc1ccc(C)c(C2CCCCC2)c1. The summed E-state index contributed by atoms with van der Waals surface area (Å²) in [7, 11) is 1.75. The predicted molar refractivity (Wildman–Crippen MR) is 63.6 cm³/mol. The van der Waals surface area contributed by atoms with Gasteiger partial charge in [-0.15, -0.1) is 0 Å². The van der Waals surface area contributed by atoms with Crippen LogP contribution in [0.25, 0.3) is 0 Å². The molecule has 1 heteroatoms. The Bertz CT molecular complexity index is 324. The van der Waals surface area contributed by atoms with Gasteiger partial charge in [-0.2, -0.15) is 0 Å². The molecule has 0 radical (unpaired) electrons. The predicted octanol–water partition coefficient (Wildman–Crippen LogP) is 4.05. The molecule has 0 bridgehead atoms. The largest absolute Gasteiger partial charge is 0.497 e. The second-order valence-electron chi connectivity index (χ2n) is 4.56. The van der Waals surface area contributed by atoms with E-state index in [9.17, 15) is 0 Å². The third kappa shape index (κ3) is 2.34. The summed E-state index contributed by atoms with van der Waals surface area (Å²) < 4.78 is 5.30.